The van der Waals surface area contributed by atoms with Gasteiger partial charge in [0.05, 0.1) is 6.33 Å². The number of benzene rings is 1. The molecule has 1 aromatic heterocycles. The number of aromatic amines is 1. The van der Waals surface area contributed by atoms with E-state index in [9.17, 15) is 14.7 Å². The Bertz CT molecular complexity index is 592. The second kappa shape index (κ2) is 4.48. The number of hydrogen-bond acceptors (Lipinski definition) is 4. The molecule has 0 saturated heterocycles. The maximum Gasteiger partial charge on any atom is 0.293 e. The Kier molecular flexibility index (Phi) is 2.87. The van der Waals surface area contributed by atoms with Gasteiger partial charge in [-0.15, -0.1) is 0 Å². The van der Waals surface area contributed by atoms with Gasteiger partial charge in [0.2, 0.25) is 5.75 Å². The molecule has 86 valence electrons. The third-order valence-corrected chi connectivity index (χ3v) is 2.08. The molecule has 2 rings (SSSR count). The smallest absolute Gasteiger partial charge is 0.293 e. The van der Waals surface area contributed by atoms with Crippen LogP contribution in [0.1, 0.15) is 10.5 Å². The second-order valence-electron chi connectivity index (χ2n) is 3.25. The van der Waals surface area contributed by atoms with E-state index in [1.54, 1.807) is 30.3 Å². The minimum absolute atomic E-state index is 0.308. The molecule has 3 N–H and O–H groups in total. The van der Waals surface area contributed by atoms with Gasteiger partial charge in [0.25, 0.3) is 11.5 Å². The first-order chi connectivity index (χ1) is 8.18. The number of aromatic nitrogens is 2. The highest BCUT2D eigenvalue weighted by molar-refractivity contribution is 6.04. The van der Waals surface area contributed by atoms with E-state index in [0.29, 0.717) is 5.69 Å². The molecule has 0 atom stereocenters. The van der Waals surface area contributed by atoms with E-state index in [2.05, 4.69) is 15.3 Å². The summed E-state index contributed by atoms with van der Waals surface area (Å²) in [7, 11) is 0. The highest BCUT2D eigenvalue weighted by Gasteiger charge is 2.15. The van der Waals surface area contributed by atoms with Crippen molar-refractivity contribution in [1.82, 2.24) is 9.97 Å². The van der Waals surface area contributed by atoms with Crippen LogP contribution in [0.3, 0.4) is 0 Å². The largest absolute Gasteiger partial charge is 0.501 e. The number of carbonyl (C=O) groups excluding carboxylic acids is 1. The van der Waals surface area contributed by atoms with Crippen molar-refractivity contribution in [2.75, 3.05) is 5.32 Å². The zero-order valence-electron chi connectivity index (χ0n) is 8.68. The van der Waals surface area contributed by atoms with Crippen LogP contribution in [0, 0.1) is 0 Å². The highest BCUT2D eigenvalue weighted by Crippen LogP contribution is 2.10. The summed E-state index contributed by atoms with van der Waals surface area (Å²) in [4.78, 5) is 28.6. The Hall–Kier alpha value is -2.63. The van der Waals surface area contributed by atoms with Crippen molar-refractivity contribution in [3.8, 4) is 5.75 Å². The molecule has 2 aromatic rings. The molecular weight excluding hydrogens is 222 g/mol. The van der Waals surface area contributed by atoms with Crippen molar-refractivity contribution in [1.29, 1.82) is 0 Å². The van der Waals surface area contributed by atoms with Gasteiger partial charge in [0, 0.05) is 5.69 Å². The number of carbonyl (C=O) groups is 1. The van der Waals surface area contributed by atoms with Crippen LogP contribution < -0.4 is 10.9 Å². The highest BCUT2D eigenvalue weighted by atomic mass is 16.3. The number of amides is 1. The van der Waals surface area contributed by atoms with Gasteiger partial charge in [0.1, 0.15) is 0 Å². The number of para-hydroxylation sites is 1. The zero-order valence-corrected chi connectivity index (χ0v) is 8.68. The maximum absolute atomic E-state index is 11.7. The standard InChI is InChI=1S/C11H9N3O3/c15-9-8(12-6-13-11(9)17)10(16)14-7-4-2-1-3-5-7/h1-6,15H,(H,14,16)(H,12,13,17). The first kappa shape index (κ1) is 10.9. The normalized spacial score (nSPS) is 9.88. The molecule has 0 aliphatic carbocycles. The summed E-state index contributed by atoms with van der Waals surface area (Å²) in [5.41, 5.74) is -0.505. The number of nitrogens with zero attached hydrogens (tertiary/aromatic N) is 1. The fraction of sp³-hybridized carbons (Fsp3) is 0. The third-order valence-electron chi connectivity index (χ3n) is 2.08. The number of rotatable bonds is 2. The molecule has 0 radical (unpaired) electrons. The van der Waals surface area contributed by atoms with Crippen LogP contribution in [0.5, 0.6) is 5.75 Å². The van der Waals surface area contributed by atoms with Crippen LogP contribution in [0.25, 0.3) is 0 Å². The molecule has 0 aliphatic rings. The lowest BCUT2D eigenvalue weighted by atomic mass is 10.3. The summed E-state index contributed by atoms with van der Waals surface area (Å²) >= 11 is 0. The topological polar surface area (TPSA) is 95.1 Å². The van der Waals surface area contributed by atoms with Crippen molar-refractivity contribution in [2.45, 2.75) is 0 Å². The lowest BCUT2D eigenvalue weighted by Gasteiger charge is -2.04. The summed E-state index contributed by atoms with van der Waals surface area (Å²) in [5.74, 6) is -1.33. The summed E-state index contributed by atoms with van der Waals surface area (Å²) in [5, 5.41) is 11.9. The van der Waals surface area contributed by atoms with Crippen LogP contribution in [-0.4, -0.2) is 21.0 Å². The van der Waals surface area contributed by atoms with E-state index >= 15 is 0 Å². The minimum Gasteiger partial charge on any atom is -0.501 e. The van der Waals surface area contributed by atoms with Crippen LogP contribution >= 0.6 is 0 Å². The van der Waals surface area contributed by atoms with Gasteiger partial charge >= 0.3 is 0 Å². The molecule has 0 fully saturated rings. The molecule has 0 bridgehead atoms. The Morgan fingerprint density at radius 3 is 2.71 bits per heavy atom. The predicted molar refractivity (Wildman–Crippen MR) is 60.9 cm³/mol. The molecule has 1 heterocycles. The van der Waals surface area contributed by atoms with Gasteiger partial charge in [0.15, 0.2) is 5.69 Å². The third kappa shape index (κ3) is 2.31. The summed E-state index contributed by atoms with van der Waals surface area (Å²) in [6.45, 7) is 0. The molecule has 6 nitrogen and oxygen atoms in total. The van der Waals surface area contributed by atoms with E-state index < -0.39 is 17.2 Å². The average Bonchev–Trinajstić information content (AvgIpc) is 2.34. The molecule has 6 heteroatoms. The van der Waals surface area contributed by atoms with Crippen molar-refractivity contribution in [2.24, 2.45) is 0 Å². The van der Waals surface area contributed by atoms with Gasteiger partial charge in [-0.05, 0) is 12.1 Å². The van der Waals surface area contributed by atoms with Gasteiger partial charge in [-0.1, -0.05) is 18.2 Å². The first-order valence-electron chi connectivity index (χ1n) is 4.81. The molecule has 17 heavy (non-hydrogen) atoms. The van der Waals surface area contributed by atoms with Crippen molar-refractivity contribution in [3.05, 3.63) is 52.7 Å². The number of anilines is 1. The van der Waals surface area contributed by atoms with E-state index in [4.69, 9.17) is 0 Å². The minimum atomic E-state index is -0.752. The van der Waals surface area contributed by atoms with Gasteiger partial charge in [-0.3, -0.25) is 9.59 Å². The molecule has 0 aliphatic heterocycles. The van der Waals surface area contributed by atoms with Crippen LogP contribution in [0.15, 0.2) is 41.5 Å². The number of hydrogen-bond donors (Lipinski definition) is 3. The fourth-order valence-electron chi connectivity index (χ4n) is 1.27. The first-order valence-corrected chi connectivity index (χ1v) is 4.81. The summed E-state index contributed by atoms with van der Waals surface area (Å²) in [6, 6.07) is 8.67. The fourth-order valence-corrected chi connectivity index (χ4v) is 1.27. The Balaban J connectivity index is 2.27. The van der Waals surface area contributed by atoms with Crippen molar-refractivity contribution in [3.63, 3.8) is 0 Å². The maximum atomic E-state index is 11.7. The summed E-state index contributed by atoms with van der Waals surface area (Å²) in [6.07, 6.45) is 1.06. The van der Waals surface area contributed by atoms with Gasteiger partial charge in [-0.2, -0.15) is 0 Å². The van der Waals surface area contributed by atoms with Gasteiger partial charge < -0.3 is 15.4 Å². The van der Waals surface area contributed by atoms with Gasteiger partial charge in [-0.25, -0.2) is 4.98 Å². The van der Waals surface area contributed by atoms with Crippen molar-refractivity contribution < 1.29 is 9.90 Å². The Morgan fingerprint density at radius 2 is 2.00 bits per heavy atom. The quantitative estimate of drug-likeness (QED) is 0.709. The van der Waals surface area contributed by atoms with E-state index in [-0.39, 0.29) is 5.69 Å². The van der Waals surface area contributed by atoms with E-state index in [1.165, 1.54) is 0 Å². The number of aromatic hydroxyl groups is 1. The molecular formula is C11H9N3O3. The number of nitrogens with one attached hydrogen (secondary N) is 2. The molecule has 0 unspecified atom stereocenters. The Labute approximate surface area is 96.0 Å². The summed E-state index contributed by atoms with van der Waals surface area (Å²) < 4.78 is 0. The molecule has 1 aromatic carbocycles. The number of H-pyrrole nitrogens is 1. The van der Waals surface area contributed by atoms with E-state index in [1.807, 2.05) is 0 Å². The molecule has 0 saturated carbocycles. The molecule has 1 amide bonds. The van der Waals surface area contributed by atoms with Crippen LogP contribution in [-0.2, 0) is 0 Å². The van der Waals surface area contributed by atoms with E-state index in [0.717, 1.165) is 6.33 Å². The average molecular weight is 231 g/mol. The lowest BCUT2D eigenvalue weighted by Crippen LogP contribution is -2.18. The van der Waals surface area contributed by atoms with Crippen LogP contribution in [0.2, 0.25) is 0 Å². The monoisotopic (exact) mass is 231 g/mol. The molecule has 0 spiro atoms. The predicted octanol–water partition coefficient (Wildman–Crippen LogP) is 0.728. The second-order valence-corrected chi connectivity index (χ2v) is 3.25. The zero-order chi connectivity index (χ0) is 12.3. The SMILES string of the molecule is O=C(Nc1ccccc1)c1nc[nH]c(=O)c1O. The Morgan fingerprint density at radius 1 is 1.29 bits per heavy atom. The van der Waals surface area contributed by atoms with Crippen molar-refractivity contribution >= 4 is 11.6 Å². The van der Waals surface area contributed by atoms with Crippen LogP contribution in [0.4, 0.5) is 5.69 Å². The lowest BCUT2D eigenvalue weighted by molar-refractivity contribution is 0.101.